The third-order valence-electron chi connectivity index (χ3n) is 2.79. The van der Waals surface area contributed by atoms with E-state index in [2.05, 4.69) is 10.2 Å². The first-order valence-electron chi connectivity index (χ1n) is 6.06. The molecule has 1 N–H and O–H groups in total. The van der Waals surface area contributed by atoms with Crippen molar-refractivity contribution in [2.24, 2.45) is 0 Å². The van der Waals surface area contributed by atoms with Crippen LogP contribution in [0.15, 0.2) is 33.0 Å². The van der Waals surface area contributed by atoms with Crippen LogP contribution in [0.2, 0.25) is 0 Å². The third kappa shape index (κ3) is 3.02. The summed E-state index contributed by atoms with van der Waals surface area (Å²) in [6, 6.07) is 4.03. The van der Waals surface area contributed by atoms with Gasteiger partial charge in [0.2, 0.25) is 0 Å². The number of nitro benzene ring substituents is 1. The Balaban J connectivity index is 2.46. The molecule has 21 heavy (non-hydrogen) atoms. The van der Waals surface area contributed by atoms with E-state index < -0.39 is 4.92 Å². The molecule has 8 nitrogen and oxygen atoms in total. The number of carbonyl (C=O) groups excluding carboxylic acids is 1. The number of benzene rings is 1. The van der Waals surface area contributed by atoms with Crippen LogP contribution in [-0.2, 0) is 6.54 Å². The lowest BCUT2D eigenvalue weighted by Gasteiger charge is -2.06. The smallest absolute Gasteiger partial charge is 0.294 e. The Morgan fingerprint density at radius 2 is 2.24 bits per heavy atom. The number of nitrogens with zero attached hydrogens (tertiary/aromatic N) is 3. The van der Waals surface area contributed by atoms with Crippen LogP contribution in [0.1, 0.15) is 24.2 Å². The molecule has 1 heterocycles. The van der Waals surface area contributed by atoms with Crippen LogP contribution in [0.3, 0.4) is 0 Å². The SMILES string of the molecule is CCn1c(Sc2ccc([N+](=O)[O-])cc2C(C)=O)n[nH]c1=O. The number of H-pyrrole nitrogens is 1. The monoisotopic (exact) mass is 308 g/mol. The van der Waals surface area contributed by atoms with E-state index in [1.54, 1.807) is 6.92 Å². The van der Waals surface area contributed by atoms with Crippen molar-refractivity contribution in [1.82, 2.24) is 14.8 Å². The van der Waals surface area contributed by atoms with Crippen molar-refractivity contribution >= 4 is 23.2 Å². The van der Waals surface area contributed by atoms with Crippen LogP contribution < -0.4 is 5.69 Å². The highest BCUT2D eigenvalue weighted by Gasteiger charge is 2.17. The van der Waals surface area contributed by atoms with Crippen molar-refractivity contribution in [3.8, 4) is 0 Å². The lowest BCUT2D eigenvalue weighted by atomic mass is 10.1. The summed E-state index contributed by atoms with van der Waals surface area (Å²) in [7, 11) is 0. The Labute approximate surface area is 123 Å². The topological polar surface area (TPSA) is 111 Å². The van der Waals surface area contributed by atoms with Crippen molar-refractivity contribution in [2.75, 3.05) is 0 Å². The molecule has 1 aromatic heterocycles. The lowest BCUT2D eigenvalue weighted by Crippen LogP contribution is -2.16. The van der Waals surface area contributed by atoms with Crippen molar-refractivity contribution in [2.45, 2.75) is 30.4 Å². The van der Waals surface area contributed by atoms with Gasteiger partial charge in [-0.2, -0.15) is 0 Å². The maximum Gasteiger partial charge on any atom is 0.343 e. The first-order chi connectivity index (χ1) is 9.93. The first kappa shape index (κ1) is 15.0. The van der Waals surface area contributed by atoms with Crippen molar-refractivity contribution in [1.29, 1.82) is 0 Å². The Morgan fingerprint density at radius 1 is 1.52 bits per heavy atom. The molecule has 0 aliphatic rings. The van der Waals surface area contributed by atoms with Crippen LogP contribution in [0.4, 0.5) is 5.69 Å². The summed E-state index contributed by atoms with van der Waals surface area (Å²) >= 11 is 1.11. The van der Waals surface area contributed by atoms with E-state index in [1.807, 2.05) is 0 Å². The fourth-order valence-electron chi connectivity index (χ4n) is 1.75. The third-order valence-corrected chi connectivity index (χ3v) is 3.86. The molecule has 0 bridgehead atoms. The zero-order valence-corrected chi connectivity index (χ0v) is 12.1. The number of nitro groups is 1. The molecule has 0 saturated carbocycles. The molecule has 0 amide bonds. The zero-order chi connectivity index (χ0) is 15.6. The van der Waals surface area contributed by atoms with Crippen LogP contribution in [0.5, 0.6) is 0 Å². The van der Waals surface area contributed by atoms with E-state index in [-0.39, 0.29) is 22.7 Å². The highest BCUT2D eigenvalue weighted by atomic mass is 32.2. The predicted octanol–water partition coefficient (Wildman–Crippen LogP) is 1.85. The maximum absolute atomic E-state index is 11.7. The lowest BCUT2D eigenvalue weighted by molar-refractivity contribution is -0.384. The van der Waals surface area contributed by atoms with Crippen molar-refractivity contribution in [3.63, 3.8) is 0 Å². The van der Waals surface area contributed by atoms with E-state index in [1.165, 1.54) is 29.7 Å². The van der Waals surface area contributed by atoms with Gasteiger partial charge in [-0.1, -0.05) is 0 Å². The van der Waals surface area contributed by atoms with Gasteiger partial charge in [-0.3, -0.25) is 19.5 Å². The summed E-state index contributed by atoms with van der Waals surface area (Å²) in [5.41, 5.74) is -0.266. The molecule has 1 aromatic carbocycles. The number of aromatic amines is 1. The standard InChI is InChI=1S/C12H12N4O4S/c1-3-15-11(18)13-14-12(15)21-10-5-4-8(16(19)20)6-9(10)7(2)17/h4-6H,3H2,1-2H3,(H,13,18). The number of nitrogens with one attached hydrogen (secondary N) is 1. The second kappa shape index (κ2) is 5.92. The van der Waals surface area contributed by atoms with Crippen LogP contribution >= 0.6 is 11.8 Å². The van der Waals surface area contributed by atoms with E-state index in [0.29, 0.717) is 16.6 Å². The largest absolute Gasteiger partial charge is 0.343 e. The summed E-state index contributed by atoms with van der Waals surface area (Å²) in [6.45, 7) is 3.56. The minimum atomic E-state index is -0.558. The summed E-state index contributed by atoms with van der Waals surface area (Å²) in [5.74, 6) is -0.290. The van der Waals surface area contributed by atoms with Crippen molar-refractivity contribution < 1.29 is 9.72 Å². The van der Waals surface area contributed by atoms with Gasteiger partial charge in [-0.15, -0.1) is 5.10 Å². The molecule has 0 fully saturated rings. The molecule has 0 spiro atoms. The average Bonchev–Trinajstić information content (AvgIpc) is 2.78. The van der Waals surface area contributed by atoms with E-state index in [0.717, 1.165) is 11.8 Å². The number of non-ortho nitro benzene ring substituents is 1. The highest BCUT2D eigenvalue weighted by molar-refractivity contribution is 7.99. The van der Waals surface area contributed by atoms with Gasteiger partial charge in [0.1, 0.15) is 0 Å². The molecular weight excluding hydrogens is 296 g/mol. The average molecular weight is 308 g/mol. The summed E-state index contributed by atoms with van der Waals surface area (Å²) in [5, 5.41) is 17.4. The molecular formula is C12H12N4O4S. The normalized spacial score (nSPS) is 10.6. The molecule has 110 valence electrons. The Bertz CT molecular complexity index is 765. The van der Waals surface area contributed by atoms with Gasteiger partial charge in [0.25, 0.3) is 5.69 Å². The van der Waals surface area contributed by atoms with Gasteiger partial charge < -0.3 is 0 Å². The minimum absolute atomic E-state index is 0.153. The fourth-order valence-corrected chi connectivity index (χ4v) is 2.81. The highest BCUT2D eigenvalue weighted by Crippen LogP contribution is 2.31. The number of hydrogen-bond acceptors (Lipinski definition) is 6. The van der Waals surface area contributed by atoms with Gasteiger partial charge in [-0.05, 0) is 31.7 Å². The van der Waals surface area contributed by atoms with Crippen LogP contribution in [0.25, 0.3) is 0 Å². The van der Waals surface area contributed by atoms with Crippen LogP contribution in [0, 0.1) is 10.1 Å². The number of ketones is 1. The van der Waals surface area contributed by atoms with Gasteiger partial charge in [0.15, 0.2) is 10.9 Å². The van der Waals surface area contributed by atoms with Gasteiger partial charge in [-0.25, -0.2) is 9.89 Å². The molecule has 2 rings (SSSR count). The van der Waals surface area contributed by atoms with Gasteiger partial charge in [0, 0.05) is 29.1 Å². The summed E-state index contributed by atoms with van der Waals surface area (Å²) in [6.07, 6.45) is 0. The molecule has 0 aliphatic carbocycles. The van der Waals surface area contributed by atoms with E-state index in [9.17, 15) is 19.7 Å². The molecule has 9 heteroatoms. The number of aromatic nitrogens is 3. The maximum atomic E-state index is 11.7. The molecule has 2 aromatic rings. The Morgan fingerprint density at radius 3 is 2.81 bits per heavy atom. The number of hydrogen-bond donors (Lipinski definition) is 1. The van der Waals surface area contributed by atoms with Gasteiger partial charge >= 0.3 is 5.69 Å². The second-order valence-corrected chi connectivity index (χ2v) is 5.16. The molecule has 0 saturated heterocycles. The molecule has 0 radical (unpaired) electrons. The molecule has 0 unspecified atom stereocenters. The minimum Gasteiger partial charge on any atom is -0.294 e. The Hall–Kier alpha value is -2.42. The number of rotatable bonds is 5. The molecule has 0 atom stereocenters. The van der Waals surface area contributed by atoms with E-state index >= 15 is 0 Å². The predicted molar refractivity (Wildman–Crippen MR) is 75.7 cm³/mol. The Kier molecular flexibility index (Phi) is 4.22. The first-order valence-corrected chi connectivity index (χ1v) is 6.88. The van der Waals surface area contributed by atoms with E-state index in [4.69, 9.17) is 0 Å². The second-order valence-electron chi connectivity index (χ2n) is 4.15. The zero-order valence-electron chi connectivity index (χ0n) is 11.3. The van der Waals surface area contributed by atoms with Crippen LogP contribution in [-0.4, -0.2) is 25.5 Å². The van der Waals surface area contributed by atoms with Gasteiger partial charge in [0.05, 0.1) is 4.92 Å². The molecule has 0 aliphatic heterocycles. The van der Waals surface area contributed by atoms with Crippen molar-refractivity contribution in [3.05, 3.63) is 44.4 Å². The summed E-state index contributed by atoms with van der Waals surface area (Å²) < 4.78 is 1.41. The number of Topliss-reactive ketones (excluding diaryl/α,β-unsaturated/α-hetero) is 1. The number of carbonyl (C=O) groups is 1. The fraction of sp³-hybridized carbons (Fsp3) is 0.250. The summed E-state index contributed by atoms with van der Waals surface area (Å²) in [4.78, 5) is 33.9. The quantitative estimate of drug-likeness (QED) is 0.512.